The van der Waals surface area contributed by atoms with Gasteiger partial charge in [-0.05, 0) is 43.5 Å². The van der Waals surface area contributed by atoms with Gasteiger partial charge in [-0.15, -0.1) is 0 Å². The lowest BCUT2D eigenvalue weighted by Gasteiger charge is -2.39. The molecule has 3 aliphatic rings. The number of aliphatic imine (C=N–C) groups is 2. The maximum Gasteiger partial charge on any atom is 0.176 e. The predicted octanol–water partition coefficient (Wildman–Crippen LogP) is 3.75. The fourth-order valence-electron chi connectivity index (χ4n) is 3.73. The number of nitrogens with one attached hydrogen (secondary N) is 1. The molecule has 0 bridgehead atoms. The molecular weight excluding hydrogens is 346 g/mol. The number of nitrogens with zero attached hydrogens (tertiary/aromatic N) is 4. The number of amidine groups is 2. The summed E-state index contributed by atoms with van der Waals surface area (Å²) in [6.07, 6.45) is 4.24. The summed E-state index contributed by atoms with van der Waals surface area (Å²) in [6.45, 7) is 10.3. The van der Waals surface area contributed by atoms with E-state index in [1.807, 2.05) is 6.07 Å². The van der Waals surface area contributed by atoms with Crippen molar-refractivity contribution >= 4 is 34.6 Å². The first-order chi connectivity index (χ1) is 12.6. The molecule has 1 unspecified atom stereocenters. The van der Waals surface area contributed by atoms with Crippen LogP contribution < -0.4 is 10.2 Å². The van der Waals surface area contributed by atoms with E-state index in [-0.39, 0.29) is 6.04 Å². The molecular formula is C20H26ClN5. The van der Waals surface area contributed by atoms with E-state index in [0.717, 1.165) is 67.1 Å². The minimum absolute atomic E-state index is 0.171. The van der Waals surface area contributed by atoms with Gasteiger partial charge >= 0.3 is 0 Å². The van der Waals surface area contributed by atoms with Crippen LogP contribution in [-0.2, 0) is 6.42 Å². The van der Waals surface area contributed by atoms with Crippen LogP contribution in [0.4, 0.5) is 11.4 Å². The topological polar surface area (TPSA) is 43.2 Å². The average Bonchev–Trinajstić information content (AvgIpc) is 2.63. The Bertz CT molecular complexity index is 805. The van der Waals surface area contributed by atoms with E-state index >= 15 is 0 Å². The molecule has 3 heterocycles. The number of hydrogen-bond acceptors (Lipinski definition) is 5. The Kier molecular flexibility index (Phi) is 4.76. The van der Waals surface area contributed by atoms with Gasteiger partial charge in [0.25, 0.3) is 0 Å². The molecule has 26 heavy (non-hydrogen) atoms. The van der Waals surface area contributed by atoms with Crippen LogP contribution in [0.1, 0.15) is 32.8 Å². The summed E-state index contributed by atoms with van der Waals surface area (Å²) in [7, 11) is 0. The molecule has 3 aliphatic heterocycles. The van der Waals surface area contributed by atoms with Crippen molar-refractivity contribution in [2.75, 3.05) is 31.1 Å². The van der Waals surface area contributed by atoms with Crippen molar-refractivity contribution in [3.05, 3.63) is 34.5 Å². The first-order valence-electron chi connectivity index (χ1n) is 9.51. The fraction of sp³-hybridized carbons (Fsp3) is 0.500. The normalized spacial score (nSPS) is 22.3. The molecule has 1 N–H and O–H groups in total. The summed E-state index contributed by atoms with van der Waals surface area (Å²) in [6, 6.07) is 4.25. The van der Waals surface area contributed by atoms with Crippen LogP contribution in [0, 0.1) is 0 Å². The van der Waals surface area contributed by atoms with E-state index in [2.05, 4.69) is 48.2 Å². The summed E-state index contributed by atoms with van der Waals surface area (Å²) >= 11 is 6.44. The van der Waals surface area contributed by atoms with Crippen LogP contribution in [0.3, 0.4) is 0 Å². The highest BCUT2D eigenvalue weighted by atomic mass is 35.5. The number of rotatable bonds is 2. The number of hydrogen-bond donors (Lipinski definition) is 1. The van der Waals surface area contributed by atoms with Gasteiger partial charge in [0.05, 0.1) is 17.4 Å². The average molecular weight is 372 g/mol. The van der Waals surface area contributed by atoms with Crippen LogP contribution in [0.25, 0.3) is 0 Å². The minimum Gasteiger partial charge on any atom is -0.351 e. The van der Waals surface area contributed by atoms with Crippen molar-refractivity contribution in [2.45, 2.75) is 39.7 Å². The second-order valence-electron chi connectivity index (χ2n) is 7.23. The van der Waals surface area contributed by atoms with Gasteiger partial charge in [0, 0.05) is 37.4 Å². The molecule has 1 aromatic carbocycles. The van der Waals surface area contributed by atoms with Gasteiger partial charge in [-0.25, -0.2) is 4.99 Å². The Morgan fingerprint density at radius 3 is 2.73 bits per heavy atom. The van der Waals surface area contributed by atoms with E-state index in [4.69, 9.17) is 21.6 Å². The molecule has 0 radical (unpaired) electrons. The van der Waals surface area contributed by atoms with Crippen LogP contribution in [-0.4, -0.2) is 48.8 Å². The van der Waals surface area contributed by atoms with Gasteiger partial charge < -0.3 is 10.2 Å². The van der Waals surface area contributed by atoms with Gasteiger partial charge in [0.2, 0.25) is 0 Å². The molecule has 1 fully saturated rings. The molecule has 1 saturated heterocycles. The van der Waals surface area contributed by atoms with Crippen LogP contribution in [0.5, 0.6) is 0 Å². The Morgan fingerprint density at radius 2 is 2.00 bits per heavy atom. The number of anilines is 1. The Balaban J connectivity index is 1.89. The predicted molar refractivity (Wildman–Crippen MR) is 110 cm³/mol. The summed E-state index contributed by atoms with van der Waals surface area (Å²) in [5.74, 6) is 1.94. The summed E-state index contributed by atoms with van der Waals surface area (Å²) in [4.78, 5) is 14.7. The fourth-order valence-corrected chi connectivity index (χ4v) is 3.96. The SMILES string of the molecule is CCCc1cc(Cl)cc2c1N=C(N1CCNCC1)C1=NC(C)C(C)=CN12. The van der Waals surface area contributed by atoms with Gasteiger partial charge in [-0.1, -0.05) is 24.9 Å². The number of aryl methyl sites for hydroxylation is 1. The van der Waals surface area contributed by atoms with E-state index < -0.39 is 0 Å². The zero-order chi connectivity index (χ0) is 18.3. The van der Waals surface area contributed by atoms with Crippen molar-refractivity contribution < 1.29 is 0 Å². The molecule has 0 spiro atoms. The van der Waals surface area contributed by atoms with Gasteiger partial charge in [-0.2, -0.15) is 0 Å². The molecule has 138 valence electrons. The molecule has 0 amide bonds. The largest absolute Gasteiger partial charge is 0.351 e. The first-order valence-corrected chi connectivity index (χ1v) is 9.88. The van der Waals surface area contributed by atoms with E-state index in [9.17, 15) is 0 Å². The smallest absolute Gasteiger partial charge is 0.176 e. The second-order valence-corrected chi connectivity index (χ2v) is 7.66. The second kappa shape index (κ2) is 7.05. The monoisotopic (exact) mass is 371 g/mol. The highest BCUT2D eigenvalue weighted by Gasteiger charge is 2.33. The standard InChI is InChI=1S/C20H26ClN5/c1-4-5-15-10-16(21)11-17-18(15)24-19(25-8-6-22-7-9-25)20-23-14(3)13(2)12-26(17)20/h10-12,14,22H,4-9H2,1-3H3. The number of piperazine rings is 1. The van der Waals surface area contributed by atoms with Crippen molar-refractivity contribution in [3.63, 3.8) is 0 Å². The molecule has 1 aromatic rings. The summed E-state index contributed by atoms with van der Waals surface area (Å²) in [5.41, 5.74) is 4.55. The zero-order valence-corrected chi connectivity index (χ0v) is 16.5. The molecule has 0 aliphatic carbocycles. The van der Waals surface area contributed by atoms with Gasteiger partial charge in [0.15, 0.2) is 11.7 Å². The summed E-state index contributed by atoms with van der Waals surface area (Å²) in [5, 5.41) is 4.18. The number of halogens is 1. The molecule has 0 aromatic heterocycles. The number of fused-ring (bicyclic) bond motifs is 3. The van der Waals surface area contributed by atoms with Crippen molar-refractivity contribution in [1.29, 1.82) is 0 Å². The maximum atomic E-state index is 6.44. The Hall–Kier alpha value is -1.85. The van der Waals surface area contributed by atoms with Crippen molar-refractivity contribution in [1.82, 2.24) is 10.2 Å². The molecule has 0 saturated carbocycles. The Labute approximate surface area is 160 Å². The van der Waals surface area contributed by atoms with Gasteiger partial charge in [0.1, 0.15) is 0 Å². The lowest BCUT2D eigenvalue weighted by atomic mass is 10.0. The highest BCUT2D eigenvalue weighted by molar-refractivity contribution is 6.48. The highest BCUT2D eigenvalue weighted by Crippen LogP contribution is 2.41. The Morgan fingerprint density at radius 1 is 1.23 bits per heavy atom. The molecule has 5 nitrogen and oxygen atoms in total. The minimum atomic E-state index is 0.171. The third kappa shape index (κ3) is 3.03. The third-order valence-electron chi connectivity index (χ3n) is 5.28. The van der Waals surface area contributed by atoms with Crippen molar-refractivity contribution in [2.24, 2.45) is 9.98 Å². The van der Waals surface area contributed by atoms with Crippen LogP contribution >= 0.6 is 11.6 Å². The third-order valence-corrected chi connectivity index (χ3v) is 5.50. The van der Waals surface area contributed by atoms with Crippen molar-refractivity contribution in [3.8, 4) is 0 Å². The summed E-state index contributed by atoms with van der Waals surface area (Å²) < 4.78 is 0. The van der Waals surface area contributed by atoms with Crippen LogP contribution in [0.15, 0.2) is 33.9 Å². The van der Waals surface area contributed by atoms with E-state index in [1.54, 1.807) is 0 Å². The quantitative estimate of drug-likeness (QED) is 0.860. The number of benzene rings is 1. The molecule has 1 atom stereocenters. The van der Waals surface area contributed by atoms with Crippen LogP contribution in [0.2, 0.25) is 5.02 Å². The lowest BCUT2D eigenvalue weighted by molar-refractivity contribution is 0.360. The van der Waals surface area contributed by atoms with Gasteiger partial charge in [-0.3, -0.25) is 9.89 Å². The molecule has 4 rings (SSSR count). The first kappa shape index (κ1) is 17.6. The lowest BCUT2D eigenvalue weighted by Crippen LogP contribution is -2.53. The van der Waals surface area contributed by atoms with E-state index in [0.29, 0.717) is 0 Å². The van der Waals surface area contributed by atoms with E-state index in [1.165, 1.54) is 11.1 Å². The zero-order valence-electron chi connectivity index (χ0n) is 15.7. The maximum absolute atomic E-state index is 6.44. The molecule has 6 heteroatoms.